The fourth-order valence-electron chi connectivity index (χ4n) is 2.86. The van der Waals surface area contributed by atoms with Crippen LogP contribution in [0.1, 0.15) is 26.6 Å². The van der Waals surface area contributed by atoms with Crippen molar-refractivity contribution in [2.24, 2.45) is 0 Å². The summed E-state index contributed by atoms with van der Waals surface area (Å²) in [5, 5.41) is 12.9. The van der Waals surface area contributed by atoms with Crippen molar-refractivity contribution in [2.75, 3.05) is 31.1 Å². The molecule has 1 aromatic carbocycles. The minimum Gasteiger partial charge on any atom is -0.369 e. The van der Waals surface area contributed by atoms with Gasteiger partial charge in [0.25, 0.3) is 0 Å². The molecule has 1 aliphatic heterocycles. The van der Waals surface area contributed by atoms with E-state index in [1.165, 1.54) is 5.69 Å². The van der Waals surface area contributed by atoms with Gasteiger partial charge in [0, 0.05) is 36.9 Å². The Kier molecular flexibility index (Phi) is 4.55. The largest absolute Gasteiger partial charge is 0.369 e. The van der Waals surface area contributed by atoms with Crippen molar-refractivity contribution in [1.29, 1.82) is 0 Å². The van der Waals surface area contributed by atoms with Gasteiger partial charge < -0.3 is 4.90 Å². The van der Waals surface area contributed by atoms with Gasteiger partial charge in [-0.2, -0.15) is 0 Å². The van der Waals surface area contributed by atoms with Gasteiger partial charge in [-0.1, -0.05) is 17.7 Å². The van der Waals surface area contributed by atoms with Crippen molar-refractivity contribution in [3.05, 3.63) is 35.1 Å². The van der Waals surface area contributed by atoms with E-state index < -0.39 is 0 Å². The van der Waals surface area contributed by atoms with Crippen LogP contribution in [-0.4, -0.2) is 51.3 Å². The van der Waals surface area contributed by atoms with E-state index in [1.54, 1.807) is 0 Å². The smallest absolute Gasteiger partial charge is 0.165 e. The second-order valence-electron chi connectivity index (χ2n) is 6.92. The molecule has 2 heterocycles. The van der Waals surface area contributed by atoms with Crippen LogP contribution in [0, 0.1) is 0 Å². The molecule has 1 aromatic heterocycles. The van der Waals surface area contributed by atoms with Gasteiger partial charge in [0.15, 0.2) is 5.82 Å². The molecule has 0 saturated carbocycles. The summed E-state index contributed by atoms with van der Waals surface area (Å²) in [7, 11) is 0. The number of anilines is 1. The van der Waals surface area contributed by atoms with E-state index in [1.807, 2.05) is 22.9 Å². The lowest BCUT2D eigenvalue weighted by atomic mass is 10.1. The third-order valence-electron chi connectivity index (χ3n) is 4.08. The molecule has 0 amide bonds. The van der Waals surface area contributed by atoms with Gasteiger partial charge >= 0.3 is 0 Å². The summed E-state index contributed by atoms with van der Waals surface area (Å²) in [5.41, 5.74) is 1.10. The first-order valence-electron chi connectivity index (χ1n) is 7.94. The van der Waals surface area contributed by atoms with Crippen molar-refractivity contribution in [2.45, 2.75) is 32.9 Å². The lowest BCUT2D eigenvalue weighted by Crippen LogP contribution is -2.46. The molecule has 0 unspecified atom stereocenters. The molecule has 1 aliphatic rings. The van der Waals surface area contributed by atoms with Crippen LogP contribution < -0.4 is 4.90 Å². The van der Waals surface area contributed by atoms with Gasteiger partial charge in [-0.05, 0) is 49.4 Å². The maximum Gasteiger partial charge on any atom is 0.165 e. The summed E-state index contributed by atoms with van der Waals surface area (Å²) in [6.45, 7) is 11.1. The molecular weight excluding hydrogens is 312 g/mol. The van der Waals surface area contributed by atoms with Crippen LogP contribution in [-0.2, 0) is 12.1 Å². The quantitative estimate of drug-likeness (QED) is 0.862. The molecule has 1 saturated heterocycles. The van der Waals surface area contributed by atoms with E-state index in [-0.39, 0.29) is 5.54 Å². The van der Waals surface area contributed by atoms with Gasteiger partial charge in [-0.25, -0.2) is 4.68 Å². The predicted molar refractivity (Wildman–Crippen MR) is 91.8 cm³/mol. The first kappa shape index (κ1) is 16.2. The molecule has 2 aromatic rings. The second-order valence-corrected chi connectivity index (χ2v) is 7.36. The van der Waals surface area contributed by atoms with Crippen molar-refractivity contribution in [1.82, 2.24) is 25.1 Å². The summed E-state index contributed by atoms with van der Waals surface area (Å²) < 4.78 is 1.91. The highest BCUT2D eigenvalue weighted by atomic mass is 35.5. The molecule has 0 spiro atoms. The van der Waals surface area contributed by atoms with Gasteiger partial charge in [0.2, 0.25) is 0 Å². The number of benzene rings is 1. The Hall–Kier alpha value is -1.66. The number of hydrogen-bond donors (Lipinski definition) is 0. The van der Waals surface area contributed by atoms with Crippen molar-refractivity contribution in [3.8, 4) is 0 Å². The van der Waals surface area contributed by atoms with Crippen LogP contribution in [0.25, 0.3) is 0 Å². The zero-order valence-corrected chi connectivity index (χ0v) is 14.7. The Labute approximate surface area is 142 Å². The highest BCUT2D eigenvalue weighted by Crippen LogP contribution is 2.21. The average Bonchev–Trinajstić information content (AvgIpc) is 2.96. The Morgan fingerprint density at radius 2 is 1.87 bits per heavy atom. The monoisotopic (exact) mass is 334 g/mol. The van der Waals surface area contributed by atoms with E-state index in [9.17, 15) is 0 Å². The molecular formula is C16H23ClN6. The fraction of sp³-hybridized carbons (Fsp3) is 0.562. The molecule has 0 bridgehead atoms. The Morgan fingerprint density at radius 3 is 2.52 bits per heavy atom. The van der Waals surface area contributed by atoms with E-state index in [0.717, 1.165) is 43.6 Å². The van der Waals surface area contributed by atoms with Crippen LogP contribution in [0.3, 0.4) is 0 Å². The van der Waals surface area contributed by atoms with Crippen LogP contribution in [0.2, 0.25) is 5.02 Å². The second kappa shape index (κ2) is 6.45. The third kappa shape index (κ3) is 3.82. The van der Waals surface area contributed by atoms with Crippen LogP contribution in [0.15, 0.2) is 24.3 Å². The number of nitrogens with zero attached hydrogens (tertiary/aromatic N) is 6. The van der Waals surface area contributed by atoms with Crippen LogP contribution in [0.5, 0.6) is 0 Å². The first-order valence-corrected chi connectivity index (χ1v) is 8.32. The van der Waals surface area contributed by atoms with E-state index in [2.05, 4.69) is 52.2 Å². The molecule has 0 atom stereocenters. The molecule has 1 fully saturated rings. The highest BCUT2D eigenvalue weighted by molar-refractivity contribution is 6.30. The molecule has 3 rings (SSSR count). The van der Waals surface area contributed by atoms with Gasteiger partial charge in [-0.3, -0.25) is 4.90 Å². The predicted octanol–water partition coefficient (Wildman–Crippen LogP) is 2.40. The summed E-state index contributed by atoms with van der Waals surface area (Å²) in [4.78, 5) is 4.77. The summed E-state index contributed by atoms with van der Waals surface area (Å²) in [5.74, 6) is 0.925. The molecule has 0 aliphatic carbocycles. The van der Waals surface area contributed by atoms with E-state index in [4.69, 9.17) is 11.6 Å². The molecule has 7 heteroatoms. The van der Waals surface area contributed by atoms with Gasteiger partial charge in [0.1, 0.15) is 0 Å². The topological polar surface area (TPSA) is 50.1 Å². The fourth-order valence-corrected chi connectivity index (χ4v) is 3.05. The van der Waals surface area contributed by atoms with Crippen molar-refractivity contribution >= 4 is 17.3 Å². The number of rotatable bonds is 3. The highest BCUT2D eigenvalue weighted by Gasteiger charge is 2.23. The summed E-state index contributed by atoms with van der Waals surface area (Å²) in [6.07, 6.45) is 0. The Balaban J connectivity index is 1.61. The van der Waals surface area contributed by atoms with Crippen molar-refractivity contribution in [3.63, 3.8) is 0 Å². The van der Waals surface area contributed by atoms with Crippen LogP contribution >= 0.6 is 11.6 Å². The number of piperazine rings is 1. The molecule has 124 valence electrons. The summed E-state index contributed by atoms with van der Waals surface area (Å²) >= 11 is 6.09. The minimum atomic E-state index is -0.0958. The summed E-state index contributed by atoms with van der Waals surface area (Å²) in [6, 6.07) is 8.05. The SMILES string of the molecule is CC(C)(C)n1nnnc1CN1CCN(c2cccc(Cl)c2)CC1. The number of aromatic nitrogens is 4. The van der Waals surface area contributed by atoms with Crippen LogP contribution in [0.4, 0.5) is 5.69 Å². The molecule has 6 nitrogen and oxygen atoms in total. The van der Waals surface area contributed by atoms with E-state index in [0.29, 0.717) is 0 Å². The Morgan fingerprint density at radius 1 is 1.13 bits per heavy atom. The zero-order chi connectivity index (χ0) is 16.4. The third-order valence-corrected chi connectivity index (χ3v) is 4.32. The van der Waals surface area contributed by atoms with Gasteiger partial charge in [0.05, 0.1) is 12.1 Å². The maximum absolute atomic E-state index is 6.09. The number of tetrazole rings is 1. The first-order chi connectivity index (χ1) is 10.9. The standard InChI is InChI=1S/C16H23ClN6/c1-16(2,3)23-15(18-19-20-23)12-21-7-9-22(10-8-21)14-6-4-5-13(17)11-14/h4-6,11H,7-10,12H2,1-3H3. The lowest BCUT2D eigenvalue weighted by Gasteiger charge is -2.36. The lowest BCUT2D eigenvalue weighted by molar-refractivity contribution is 0.228. The molecule has 23 heavy (non-hydrogen) atoms. The minimum absolute atomic E-state index is 0.0958. The normalized spacial score (nSPS) is 16.8. The zero-order valence-electron chi connectivity index (χ0n) is 13.9. The maximum atomic E-state index is 6.09. The molecule has 0 radical (unpaired) electrons. The average molecular weight is 335 g/mol. The van der Waals surface area contributed by atoms with E-state index >= 15 is 0 Å². The molecule has 0 N–H and O–H groups in total. The number of hydrogen-bond acceptors (Lipinski definition) is 5. The Bertz CT molecular complexity index is 655. The van der Waals surface area contributed by atoms with Crippen molar-refractivity contribution < 1.29 is 0 Å². The number of halogens is 1. The van der Waals surface area contributed by atoms with Gasteiger partial charge in [-0.15, -0.1) is 5.10 Å².